The van der Waals surface area contributed by atoms with Gasteiger partial charge in [-0.3, -0.25) is 9.59 Å². The third-order valence-electron chi connectivity index (χ3n) is 5.80. The lowest BCUT2D eigenvalue weighted by Crippen LogP contribution is -2.51. The number of nitrogens with one attached hydrogen (secondary N) is 1. The molecule has 0 aliphatic heterocycles. The molecule has 36 heavy (non-hydrogen) atoms. The van der Waals surface area contributed by atoms with E-state index in [9.17, 15) is 9.59 Å². The summed E-state index contributed by atoms with van der Waals surface area (Å²) in [6.07, 6.45) is 0.472. The molecule has 3 aromatic carbocycles. The van der Waals surface area contributed by atoms with E-state index in [1.807, 2.05) is 67.6 Å². The number of halogens is 1. The zero-order valence-electron chi connectivity index (χ0n) is 21.2. The highest BCUT2D eigenvalue weighted by Crippen LogP contribution is 2.20. The van der Waals surface area contributed by atoms with Gasteiger partial charge in [0.25, 0.3) is 0 Å². The molecule has 0 aliphatic rings. The van der Waals surface area contributed by atoms with Crippen molar-refractivity contribution in [3.63, 3.8) is 0 Å². The van der Waals surface area contributed by atoms with Crippen molar-refractivity contribution < 1.29 is 9.59 Å². The summed E-state index contributed by atoms with van der Waals surface area (Å²) in [5.74, 6) is 1.24. The van der Waals surface area contributed by atoms with Crippen LogP contribution in [-0.2, 0) is 28.3 Å². The van der Waals surface area contributed by atoms with Crippen LogP contribution in [0.3, 0.4) is 0 Å². The van der Waals surface area contributed by atoms with Gasteiger partial charge in [0, 0.05) is 29.7 Å². The molecule has 0 radical (unpaired) electrons. The molecule has 4 nitrogen and oxygen atoms in total. The minimum Gasteiger partial charge on any atom is -0.354 e. The number of carbonyl (C=O) groups is 2. The third-order valence-corrected chi connectivity index (χ3v) is 7.32. The summed E-state index contributed by atoms with van der Waals surface area (Å²) in [4.78, 5) is 28.9. The molecule has 0 saturated heterocycles. The van der Waals surface area contributed by atoms with E-state index in [0.717, 1.165) is 32.5 Å². The standard InChI is InChI=1S/C30H35BrN2O2S/c1-22(2)18-32-30(35)28(17-24-9-5-4-6-10-24)33(19-26-11-7-8-23(3)16-26)29(34)21-36-20-25-12-14-27(31)15-13-25/h4-16,22,28H,17-21H2,1-3H3,(H,32,35)/t28-/m1/s1. The van der Waals surface area contributed by atoms with Gasteiger partial charge in [0.15, 0.2) is 0 Å². The lowest BCUT2D eigenvalue weighted by atomic mass is 10.0. The van der Waals surface area contributed by atoms with Crippen LogP contribution in [0.4, 0.5) is 0 Å². The van der Waals surface area contributed by atoms with Gasteiger partial charge in [-0.05, 0) is 41.7 Å². The average Bonchev–Trinajstić information content (AvgIpc) is 2.86. The Balaban J connectivity index is 1.83. The van der Waals surface area contributed by atoms with E-state index in [0.29, 0.717) is 31.2 Å². The van der Waals surface area contributed by atoms with E-state index < -0.39 is 6.04 Å². The summed E-state index contributed by atoms with van der Waals surface area (Å²) in [6, 6.07) is 25.6. The molecule has 0 heterocycles. The molecule has 190 valence electrons. The first-order valence-electron chi connectivity index (χ1n) is 12.3. The molecule has 3 rings (SSSR count). The Hall–Kier alpha value is -2.57. The summed E-state index contributed by atoms with van der Waals surface area (Å²) in [7, 11) is 0. The van der Waals surface area contributed by atoms with Crippen LogP contribution in [0.1, 0.15) is 36.1 Å². The smallest absolute Gasteiger partial charge is 0.243 e. The van der Waals surface area contributed by atoms with Crippen LogP contribution in [0.25, 0.3) is 0 Å². The number of thioether (sulfide) groups is 1. The van der Waals surface area contributed by atoms with E-state index in [4.69, 9.17) is 0 Å². The van der Waals surface area contributed by atoms with Crippen LogP contribution < -0.4 is 5.32 Å². The second-order valence-corrected chi connectivity index (χ2v) is 11.4. The van der Waals surface area contributed by atoms with Gasteiger partial charge in [0.05, 0.1) is 5.75 Å². The van der Waals surface area contributed by atoms with Crippen LogP contribution in [-0.4, -0.2) is 35.1 Å². The van der Waals surface area contributed by atoms with Crippen molar-refractivity contribution in [3.05, 3.63) is 106 Å². The fourth-order valence-corrected chi connectivity index (χ4v) is 5.04. The molecular weight excluding hydrogens is 532 g/mol. The van der Waals surface area contributed by atoms with Crippen molar-refractivity contribution in [2.75, 3.05) is 12.3 Å². The minimum absolute atomic E-state index is 0.0285. The van der Waals surface area contributed by atoms with Crippen molar-refractivity contribution in [2.45, 2.75) is 45.5 Å². The SMILES string of the molecule is Cc1cccc(CN(C(=O)CSCc2ccc(Br)cc2)[C@H](Cc2ccccc2)C(=O)NCC(C)C)c1. The summed E-state index contributed by atoms with van der Waals surface area (Å²) in [5.41, 5.74) is 4.35. The molecule has 0 saturated carbocycles. The van der Waals surface area contributed by atoms with Crippen molar-refractivity contribution >= 4 is 39.5 Å². The average molecular weight is 568 g/mol. The molecule has 0 aliphatic carbocycles. The second kappa shape index (κ2) is 14.2. The minimum atomic E-state index is -0.590. The van der Waals surface area contributed by atoms with E-state index in [-0.39, 0.29) is 11.8 Å². The first-order valence-corrected chi connectivity index (χ1v) is 14.3. The maximum atomic E-state index is 13.7. The maximum Gasteiger partial charge on any atom is 0.243 e. The highest BCUT2D eigenvalue weighted by Gasteiger charge is 2.30. The largest absolute Gasteiger partial charge is 0.354 e. The van der Waals surface area contributed by atoms with Gasteiger partial charge in [-0.25, -0.2) is 0 Å². The molecule has 0 bridgehead atoms. The maximum absolute atomic E-state index is 13.7. The molecule has 3 aromatic rings. The van der Waals surface area contributed by atoms with Crippen molar-refractivity contribution in [2.24, 2.45) is 5.92 Å². The van der Waals surface area contributed by atoms with Gasteiger partial charge in [0.2, 0.25) is 11.8 Å². The highest BCUT2D eigenvalue weighted by molar-refractivity contribution is 9.10. The molecule has 0 spiro atoms. The molecule has 0 unspecified atom stereocenters. The Morgan fingerprint density at radius 3 is 2.28 bits per heavy atom. The Labute approximate surface area is 228 Å². The zero-order chi connectivity index (χ0) is 25.9. The van der Waals surface area contributed by atoms with Gasteiger partial charge < -0.3 is 10.2 Å². The molecule has 2 amide bonds. The van der Waals surface area contributed by atoms with Gasteiger partial charge in [-0.1, -0.05) is 102 Å². The predicted octanol–water partition coefficient (Wildman–Crippen LogP) is 6.40. The van der Waals surface area contributed by atoms with E-state index >= 15 is 0 Å². The first kappa shape index (κ1) is 28.0. The number of rotatable bonds is 12. The van der Waals surface area contributed by atoms with Crippen LogP contribution >= 0.6 is 27.7 Å². The molecule has 0 fully saturated rings. The van der Waals surface area contributed by atoms with E-state index in [1.165, 1.54) is 0 Å². The lowest BCUT2D eigenvalue weighted by molar-refractivity contribution is -0.139. The van der Waals surface area contributed by atoms with E-state index in [2.05, 4.69) is 53.3 Å². The van der Waals surface area contributed by atoms with Crippen molar-refractivity contribution in [3.8, 4) is 0 Å². The van der Waals surface area contributed by atoms with Gasteiger partial charge in [0.1, 0.15) is 6.04 Å². The number of hydrogen-bond acceptors (Lipinski definition) is 3. The van der Waals surface area contributed by atoms with Crippen molar-refractivity contribution in [1.29, 1.82) is 0 Å². The predicted molar refractivity (Wildman–Crippen MR) is 154 cm³/mol. The number of hydrogen-bond donors (Lipinski definition) is 1. The molecular formula is C30H35BrN2O2S. The summed E-state index contributed by atoms with van der Waals surface area (Å²) in [5, 5.41) is 3.08. The number of benzene rings is 3. The normalized spacial score (nSPS) is 11.8. The Bertz CT molecular complexity index is 1120. The third kappa shape index (κ3) is 9.14. The molecule has 1 atom stereocenters. The molecule has 6 heteroatoms. The number of aryl methyl sites for hydroxylation is 1. The van der Waals surface area contributed by atoms with E-state index in [1.54, 1.807) is 16.7 Å². The summed E-state index contributed by atoms with van der Waals surface area (Å²) in [6.45, 7) is 7.16. The lowest BCUT2D eigenvalue weighted by Gasteiger charge is -2.32. The van der Waals surface area contributed by atoms with Crippen molar-refractivity contribution in [1.82, 2.24) is 10.2 Å². The fraction of sp³-hybridized carbons (Fsp3) is 0.333. The number of carbonyl (C=O) groups excluding carboxylic acids is 2. The van der Waals surface area contributed by atoms with Gasteiger partial charge in [-0.2, -0.15) is 0 Å². The number of nitrogens with zero attached hydrogens (tertiary/aromatic N) is 1. The Morgan fingerprint density at radius 1 is 0.917 bits per heavy atom. The topological polar surface area (TPSA) is 49.4 Å². The Kier molecular flexibility index (Phi) is 11.1. The van der Waals surface area contributed by atoms with Crippen LogP contribution in [0.15, 0.2) is 83.3 Å². The zero-order valence-corrected chi connectivity index (χ0v) is 23.6. The summed E-state index contributed by atoms with van der Waals surface area (Å²) < 4.78 is 1.04. The highest BCUT2D eigenvalue weighted by atomic mass is 79.9. The van der Waals surface area contributed by atoms with Crippen LogP contribution in [0.5, 0.6) is 0 Å². The summed E-state index contributed by atoms with van der Waals surface area (Å²) >= 11 is 5.04. The van der Waals surface area contributed by atoms with Gasteiger partial charge in [-0.15, -0.1) is 11.8 Å². The van der Waals surface area contributed by atoms with Gasteiger partial charge >= 0.3 is 0 Å². The Morgan fingerprint density at radius 2 is 1.61 bits per heavy atom. The monoisotopic (exact) mass is 566 g/mol. The first-order chi connectivity index (χ1) is 17.3. The molecule has 1 N–H and O–H groups in total. The molecule has 0 aromatic heterocycles. The number of amides is 2. The van der Waals surface area contributed by atoms with Crippen LogP contribution in [0, 0.1) is 12.8 Å². The van der Waals surface area contributed by atoms with Crippen LogP contribution in [0.2, 0.25) is 0 Å². The fourth-order valence-electron chi connectivity index (χ4n) is 3.90. The quantitative estimate of drug-likeness (QED) is 0.276. The second-order valence-electron chi connectivity index (χ2n) is 9.47.